The van der Waals surface area contributed by atoms with Crippen LogP contribution in [0.4, 0.5) is 0 Å². The number of piperazine rings is 1. The van der Waals surface area contributed by atoms with Gasteiger partial charge < -0.3 is 19.3 Å². The van der Waals surface area contributed by atoms with Crippen LogP contribution in [0, 0.1) is 0 Å². The third-order valence-electron chi connectivity index (χ3n) is 4.14. The molecule has 1 aliphatic rings. The average Bonchev–Trinajstić information content (AvgIpc) is 2.53. The maximum atomic E-state index is 12.7. The molecule has 0 spiro atoms. The molecule has 116 valence electrons. The van der Waals surface area contributed by atoms with Crippen LogP contribution in [0.2, 0.25) is 0 Å². The van der Waals surface area contributed by atoms with Crippen LogP contribution in [0.25, 0.3) is 0 Å². The Kier molecular flexibility index (Phi) is 5.07. The highest BCUT2D eigenvalue weighted by Crippen LogP contribution is 2.31. The molecule has 0 unspecified atom stereocenters. The number of hydrogen-bond acceptors (Lipinski definition) is 3. The summed E-state index contributed by atoms with van der Waals surface area (Å²) in [7, 11) is 3.15. The molecule has 1 aromatic rings. The summed E-state index contributed by atoms with van der Waals surface area (Å²) in [4.78, 5) is 16.2. The van der Waals surface area contributed by atoms with Crippen LogP contribution in [0.5, 0.6) is 11.5 Å². The fraction of sp³-hybridized carbons (Fsp3) is 0.562. The minimum atomic E-state index is 0.0218. The molecule has 1 amide bonds. The number of ether oxygens (including phenoxy) is 2. The summed E-state index contributed by atoms with van der Waals surface area (Å²) in [5, 5.41) is 0. The maximum Gasteiger partial charge on any atom is 0.258 e. The van der Waals surface area contributed by atoms with Crippen LogP contribution < -0.4 is 14.4 Å². The zero-order chi connectivity index (χ0) is 15.4. The summed E-state index contributed by atoms with van der Waals surface area (Å²) < 4.78 is 10.6. The summed E-state index contributed by atoms with van der Waals surface area (Å²) in [6.45, 7) is 8.00. The van der Waals surface area contributed by atoms with E-state index in [1.165, 1.54) is 0 Å². The van der Waals surface area contributed by atoms with Gasteiger partial charge in [-0.1, -0.05) is 6.07 Å². The maximum absolute atomic E-state index is 12.7. The predicted octanol–water partition coefficient (Wildman–Crippen LogP) is 0.453. The van der Waals surface area contributed by atoms with E-state index < -0.39 is 0 Å². The number of rotatable bonds is 4. The molecule has 1 saturated heterocycles. The number of carbonyl (C=O) groups is 1. The van der Waals surface area contributed by atoms with Crippen LogP contribution in [0.15, 0.2) is 18.2 Å². The minimum Gasteiger partial charge on any atom is -0.493 e. The molecule has 1 heterocycles. The van der Waals surface area contributed by atoms with E-state index in [0.29, 0.717) is 23.1 Å². The Morgan fingerprint density at radius 1 is 1.19 bits per heavy atom. The zero-order valence-electron chi connectivity index (χ0n) is 13.3. The Morgan fingerprint density at radius 2 is 1.86 bits per heavy atom. The van der Waals surface area contributed by atoms with Gasteiger partial charge in [-0.3, -0.25) is 4.79 Å². The van der Waals surface area contributed by atoms with Gasteiger partial charge in [0, 0.05) is 0 Å². The van der Waals surface area contributed by atoms with Crippen molar-refractivity contribution in [1.82, 2.24) is 4.90 Å². The van der Waals surface area contributed by atoms with E-state index in [-0.39, 0.29) is 5.91 Å². The van der Waals surface area contributed by atoms with Gasteiger partial charge in [0.1, 0.15) is 0 Å². The quantitative estimate of drug-likeness (QED) is 0.877. The van der Waals surface area contributed by atoms with Crippen molar-refractivity contribution in [2.45, 2.75) is 19.9 Å². The zero-order valence-corrected chi connectivity index (χ0v) is 13.3. The number of nitrogens with one attached hydrogen (secondary N) is 1. The molecule has 0 saturated carbocycles. The Hall–Kier alpha value is -1.75. The van der Waals surface area contributed by atoms with Crippen LogP contribution in [0.1, 0.15) is 24.2 Å². The van der Waals surface area contributed by atoms with E-state index in [9.17, 15) is 4.79 Å². The molecule has 1 fully saturated rings. The van der Waals surface area contributed by atoms with Crippen molar-refractivity contribution in [3.63, 3.8) is 0 Å². The summed E-state index contributed by atoms with van der Waals surface area (Å²) in [6, 6.07) is 6.03. The van der Waals surface area contributed by atoms with Crippen molar-refractivity contribution in [3.8, 4) is 11.5 Å². The largest absolute Gasteiger partial charge is 0.493 e. The summed E-state index contributed by atoms with van der Waals surface area (Å²) in [5.74, 6) is 1.13. The van der Waals surface area contributed by atoms with Crippen molar-refractivity contribution in [2.75, 3.05) is 40.4 Å². The Balaban J connectivity index is 2.14. The Bertz CT molecular complexity index is 494. The van der Waals surface area contributed by atoms with E-state index in [0.717, 1.165) is 26.2 Å². The lowest BCUT2D eigenvalue weighted by Gasteiger charge is -2.34. The molecule has 5 heteroatoms. The molecule has 1 aromatic carbocycles. The second-order valence-electron chi connectivity index (χ2n) is 5.65. The number of nitrogens with zero attached hydrogens (tertiary/aromatic N) is 1. The SMILES string of the molecule is COc1cccc(C(=O)N2CC[NH+](C(C)C)CC2)c1OC. The van der Waals surface area contributed by atoms with Gasteiger partial charge in [0.25, 0.3) is 5.91 Å². The van der Waals surface area contributed by atoms with Crippen molar-refractivity contribution >= 4 is 5.91 Å². The van der Waals surface area contributed by atoms with Crippen LogP contribution in [-0.4, -0.2) is 57.2 Å². The lowest BCUT2D eigenvalue weighted by molar-refractivity contribution is -0.925. The van der Waals surface area contributed by atoms with Gasteiger partial charge >= 0.3 is 0 Å². The van der Waals surface area contributed by atoms with Crippen molar-refractivity contribution in [2.24, 2.45) is 0 Å². The minimum absolute atomic E-state index is 0.0218. The molecule has 2 rings (SSSR count). The first-order valence-electron chi connectivity index (χ1n) is 7.43. The van der Waals surface area contributed by atoms with Gasteiger partial charge in [-0.2, -0.15) is 0 Å². The Morgan fingerprint density at radius 3 is 2.38 bits per heavy atom. The molecule has 0 aromatic heterocycles. The molecular weight excluding hydrogens is 268 g/mol. The van der Waals surface area contributed by atoms with E-state index in [2.05, 4.69) is 13.8 Å². The number of carbonyl (C=O) groups excluding carboxylic acids is 1. The standard InChI is InChI=1S/C16H24N2O3/c1-12(2)17-8-10-18(11-9-17)16(19)13-6-5-7-14(20-3)15(13)21-4/h5-7,12H,8-11H2,1-4H3/p+1. The third-order valence-corrected chi connectivity index (χ3v) is 4.14. The van der Waals surface area contributed by atoms with Crippen molar-refractivity contribution in [1.29, 1.82) is 0 Å². The monoisotopic (exact) mass is 293 g/mol. The van der Waals surface area contributed by atoms with Crippen molar-refractivity contribution < 1.29 is 19.2 Å². The van der Waals surface area contributed by atoms with Gasteiger partial charge in [-0.15, -0.1) is 0 Å². The molecule has 21 heavy (non-hydrogen) atoms. The van der Waals surface area contributed by atoms with E-state index in [1.54, 1.807) is 31.3 Å². The highest BCUT2D eigenvalue weighted by atomic mass is 16.5. The van der Waals surface area contributed by atoms with Gasteiger partial charge in [0.05, 0.1) is 52.0 Å². The second-order valence-corrected chi connectivity index (χ2v) is 5.65. The number of quaternary nitrogens is 1. The molecule has 0 aliphatic carbocycles. The number of methoxy groups -OCH3 is 2. The number of hydrogen-bond donors (Lipinski definition) is 1. The van der Waals surface area contributed by atoms with Gasteiger partial charge in [-0.25, -0.2) is 0 Å². The number of para-hydroxylation sites is 1. The molecule has 5 nitrogen and oxygen atoms in total. The normalized spacial score (nSPS) is 16.1. The van der Waals surface area contributed by atoms with E-state index >= 15 is 0 Å². The van der Waals surface area contributed by atoms with Crippen molar-refractivity contribution in [3.05, 3.63) is 23.8 Å². The number of amides is 1. The fourth-order valence-electron chi connectivity index (χ4n) is 2.80. The van der Waals surface area contributed by atoms with Gasteiger partial charge in [0.15, 0.2) is 11.5 Å². The smallest absolute Gasteiger partial charge is 0.258 e. The molecule has 0 atom stereocenters. The first-order valence-corrected chi connectivity index (χ1v) is 7.43. The first-order chi connectivity index (χ1) is 10.1. The van der Waals surface area contributed by atoms with Gasteiger partial charge in [-0.05, 0) is 26.0 Å². The third kappa shape index (κ3) is 3.29. The lowest BCUT2D eigenvalue weighted by atomic mass is 10.1. The first kappa shape index (κ1) is 15.6. The van der Waals surface area contributed by atoms with E-state index in [1.807, 2.05) is 11.0 Å². The Labute approximate surface area is 126 Å². The fourth-order valence-corrected chi connectivity index (χ4v) is 2.80. The second kappa shape index (κ2) is 6.80. The molecule has 0 radical (unpaired) electrons. The predicted molar refractivity (Wildman–Crippen MR) is 81.3 cm³/mol. The molecule has 0 bridgehead atoms. The summed E-state index contributed by atoms with van der Waals surface area (Å²) in [5.41, 5.74) is 0.574. The van der Waals surface area contributed by atoms with E-state index in [4.69, 9.17) is 9.47 Å². The molecular formula is C16H25N2O3+. The van der Waals surface area contributed by atoms with Crippen LogP contribution in [0.3, 0.4) is 0 Å². The van der Waals surface area contributed by atoms with Crippen LogP contribution in [-0.2, 0) is 0 Å². The average molecular weight is 293 g/mol. The van der Waals surface area contributed by atoms with Crippen LogP contribution >= 0.6 is 0 Å². The highest BCUT2D eigenvalue weighted by molar-refractivity contribution is 5.97. The molecule has 1 N–H and O–H groups in total. The molecule has 1 aliphatic heterocycles. The topological polar surface area (TPSA) is 43.2 Å². The number of benzene rings is 1. The summed E-state index contributed by atoms with van der Waals surface area (Å²) in [6.07, 6.45) is 0. The summed E-state index contributed by atoms with van der Waals surface area (Å²) >= 11 is 0. The highest BCUT2D eigenvalue weighted by Gasteiger charge is 2.28. The lowest BCUT2D eigenvalue weighted by Crippen LogP contribution is -3.17. The van der Waals surface area contributed by atoms with Gasteiger partial charge in [0.2, 0.25) is 0 Å².